The van der Waals surface area contributed by atoms with Gasteiger partial charge in [-0.3, -0.25) is 9.59 Å². The lowest BCUT2D eigenvalue weighted by Crippen LogP contribution is -2.25. The Labute approximate surface area is 162 Å². The highest BCUT2D eigenvalue weighted by Gasteiger charge is 2.18. The number of rotatable bonds is 7. The van der Waals surface area contributed by atoms with Gasteiger partial charge in [0.1, 0.15) is 11.5 Å². The van der Waals surface area contributed by atoms with Gasteiger partial charge in [-0.15, -0.1) is 0 Å². The van der Waals surface area contributed by atoms with Crippen molar-refractivity contribution in [3.63, 3.8) is 0 Å². The van der Waals surface area contributed by atoms with Crippen LogP contribution in [0.2, 0.25) is 0 Å². The topological polar surface area (TPSA) is 82.4 Å². The van der Waals surface area contributed by atoms with E-state index >= 15 is 0 Å². The molecule has 1 amide bonds. The van der Waals surface area contributed by atoms with E-state index in [1.54, 1.807) is 49.6 Å². The van der Waals surface area contributed by atoms with Crippen molar-refractivity contribution in [1.82, 2.24) is 9.78 Å². The molecule has 28 heavy (non-hydrogen) atoms. The van der Waals surface area contributed by atoms with Crippen LogP contribution in [0.4, 0.5) is 5.69 Å². The predicted octanol–water partition coefficient (Wildman–Crippen LogP) is 3.37. The molecule has 2 aromatic carbocycles. The first-order chi connectivity index (χ1) is 13.5. The van der Waals surface area contributed by atoms with E-state index in [1.165, 1.54) is 11.7 Å². The number of hydrogen-bond donors (Lipinski definition) is 1. The molecule has 0 radical (unpaired) electrons. The molecule has 0 saturated carbocycles. The third kappa shape index (κ3) is 3.98. The third-order valence-corrected chi connectivity index (χ3v) is 4.36. The van der Waals surface area contributed by atoms with E-state index in [1.807, 2.05) is 0 Å². The molecule has 1 aromatic heterocycles. The number of benzene rings is 2. The molecule has 0 atom stereocenters. The minimum atomic E-state index is -0.430. The quantitative estimate of drug-likeness (QED) is 0.635. The maximum Gasteiger partial charge on any atom is 0.276 e. The number of ether oxygens (including phenoxy) is 2. The van der Waals surface area contributed by atoms with E-state index in [0.717, 1.165) is 12.8 Å². The summed E-state index contributed by atoms with van der Waals surface area (Å²) in [5.41, 5.74) is 0.400. The number of unbranched alkanes of at least 4 members (excludes halogenated alkanes) is 1. The summed E-state index contributed by atoms with van der Waals surface area (Å²) in [6.07, 6.45) is 1.91. The first-order valence-electron chi connectivity index (χ1n) is 9.13. The monoisotopic (exact) mass is 381 g/mol. The minimum absolute atomic E-state index is 0.167. The highest BCUT2D eigenvalue weighted by atomic mass is 16.5. The highest BCUT2D eigenvalue weighted by molar-refractivity contribution is 6.11. The van der Waals surface area contributed by atoms with Crippen LogP contribution in [0.15, 0.2) is 47.3 Å². The van der Waals surface area contributed by atoms with Crippen molar-refractivity contribution in [2.75, 3.05) is 19.0 Å². The normalized spacial score (nSPS) is 10.7. The first kappa shape index (κ1) is 19.4. The van der Waals surface area contributed by atoms with Gasteiger partial charge in [0.15, 0.2) is 5.69 Å². The van der Waals surface area contributed by atoms with E-state index in [2.05, 4.69) is 17.3 Å². The molecule has 3 rings (SSSR count). The maximum absolute atomic E-state index is 13.0. The van der Waals surface area contributed by atoms with Crippen molar-refractivity contribution < 1.29 is 14.3 Å². The molecule has 0 aliphatic heterocycles. The zero-order valence-corrected chi connectivity index (χ0v) is 16.2. The second kappa shape index (κ2) is 8.56. The number of anilines is 1. The van der Waals surface area contributed by atoms with Gasteiger partial charge in [-0.05, 0) is 24.6 Å². The van der Waals surface area contributed by atoms with Crippen LogP contribution < -0.4 is 20.3 Å². The number of amides is 1. The fourth-order valence-electron chi connectivity index (χ4n) is 2.84. The number of methoxy groups -OCH3 is 1. The van der Waals surface area contributed by atoms with Crippen molar-refractivity contribution in [2.24, 2.45) is 7.05 Å². The summed E-state index contributed by atoms with van der Waals surface area (Å²) in [5, 5.41) is 7.95. The van der Waals surface area contributed by atoms with E-state index in [0.29, 0.717) is 34.6 Å². The molecule has 0 unspecified atom stereocenters. The summed E-state index contributed by atoms with van der Waals surface area (Å²) in [6.45, 7) is 2.63. The summed E-state index contributed by atoms with van der Waals surface area (Å²) in [6, 6.07) is 12.2. The van der Waals surface area contributed by atoms with Gasteiger partial charge < -0.3 is 14.8 Å². The Morgan fingerprint density at radius 2 is 1.93 bits per heavy atom. The second-order valence-corrected chi connectivity index (χ2v) is 6.34. The lowest BCUT2D eigenvalue weighted by Gasteiger charge is -2.14. The average molecular weight is 381 g/mol. The lowest BCUT2D eigenvalue weighted by molar-refractivity contribution is 0.102. The Balaban J connectivity index is 1.98. The van der Waals surface area contributed by atoms with Gasteiger partial charge in [-0.25, -0.2) is 4.68 Å². The summed E-state index contributed by atoms with van der Waals surface area (Å²) in [4.78, 5) is 25.3. The Morgan fingerprint density at radius 1 is 1.18 bits per heavy atom. The number of nitrogens with one attached hydrogen (secondary N) is 1. The molecule has 3 aromatic rings. The highest BCUT2D eigenvalue weighted by Crippen LogP contribution is 2.30. The van der Waals surface area contributed by atoms with Gasteiger partial charge in [0.2, 0.25) is 0 Å². The van der Waals surface area contributed by atoms with Crippen LogP contribution in [0, 0.1) is 0 Å². The zero-order chi connectivity index (χ0) is 20.1. The van der Waals surface area contributed by atoms with Crippen LogP contribution in [-0.2, 0) is 7.05 Å². The number of hydrogen-bond acceptors (Lipinski definition) is 5. The Kier molecular flexibility index (Phi) is 5.93. The van der Waals surface area contributed by atoms with E-state index in [-0.39, 0.29) is 11.3 Å². The van der Waals surface area contributed by atoms with Crippen molar-refractivity contribution >= 4 is 22.4 Å². The number of carbonyl (C=O) groups is 1. The number of nitrogens with zero attached hydrogens (tertiary/aromatic N) is 2. The van der Waals surface area contributed by atoms with Crippen LogP contribution in [0.5, 0.6) is 11.5 Å². The Hall–Kier alpha value is -3.35. The van der Waals surface area contributed by atoms with Crippen LogP contribution in [0.25, 0.3) is 10.8 Å². The van der Waals surface area contributed by atoms with Gasteiger partial charge in [-0.1, -0.05) is 31.5 Å². The van der Waals surface area contributed by atoms with Crippen LogP contribution in [0.1, 0.15) is 30.3 Å². The van der Waals surface area contributed by atoms with E-state index < -0.39 is 5.91 Å². The Morgan fingerprint density at radius 3 is 2.64 bits per heavy atom. The number of fused-ring (bicyclic) bond motifs is 1. The van der Waals surface area contributed by atoms with Crippen molar-refractivity contribution in [3.05, 3.63) is 58.5 Å². The summed E-state index contributed by atoms with van der Waals surface area (Å²) >= 11 is 0. The minimum Gasteiger partial charge on any atom is -0.497 e. The molecule has 7 heteroatoms. The largest absolute Gasteiger partial charge is 0.497 e. The van der Waals surface area contributed by atoms with Gasteiger partial charge in [0.05, 0.1) is 24.8 Å². The number of aryl methyl sites for hydroxylation is 1. The van der Waals surface area contributed by atoms with E-state index in [4.69, 9.17) is 9.47 Å². The molecule has 0 bridgehead atoms. The molecule has 0 aliphatic carbocycles. The van der Waals surface area contributed by atoms with Crippen LogP contribution >= 0.6 is 0 Å². The van der Waals surface area contributed by atoms with Gasteiger partial charge in [-0.2, -0.15) is 5.10 Å². The SMILES string of the molecule is CCCCOc1ccc(OC)cc1NC(=O)c1nn(C)c(=O)c2ccccc12. The fourth-order valence-corrected chi connectivity index (χ4v) is 2.84. The average Bonchev–Trinajstić information content (AvgIpc) is 2.71. The fraction of sp³-hybridized carbons (Fsp3) is 0.286. The Bertz CT molecular complexity index is 1060. The summed E-state index contributed by atoms with van der Waals surface area (Å²) in [7, 11) is 3.08. The van der Waals surface area contributed by atoms with E-state index in [9.17, 15) is 9.59 Å². The summed E-state index contributed by atoms with van der Waals surface area (Å²) in [5.74, 6) is 0.716. The molecular formula is C21H23N3O4. The molecule has 0 aliphatic rings. The summed E-state index contributed by atoms with van der Waals surface area (Å²) < 4.78 is 12.2. The molecule has 0 saturated heterocycles. The van der Waals surface area contributed by atoms with Crippen molar-refractivity contribution in [3.8, 4) is 11.5 Å². The van der Waals surface area contributed by atoms with Crippen molar-refractivity contribution in [2.45, 2.75) is 19.8 Å². The van der Waals surface area contributed by atoms with Crippen LogP contribution in [-0.4, -0.2) is 29.4 Å². The maximum atomic E-state index is 13.0. The number of carbonyl (C=O) groups excluding carboxylic acids is 1. The lowest BCUT2D eigenvalue weighted by atomic mass is 10.1. The van der Waals surface area contributed by atoms with Gasteiger partial charge in [0.25, 0.3) is 11.5 Å². The zero-order valence-electron chi connectivity index (χ0n) is 16.2. The molecule has 146 valence electrons. The molecule has 1 heterocycles. The standard InChI is InChI=1S/C21H23N3O4/c1-4-5-12-28-18-11-10-14(27-3)13-17(18)22-20(25)19-15-8-6-7-9-16(15)21(26)24(2)23-19/h6-11,13H,4-5,12H2,1-3H3,(H,22,25). The number of aromatic nitrogens is 2. The molecule has 0 spiro atoms. The molecular weight excluding hydrogens is 358 g/mol. The first-order valence-corrected chi connectivity index (χ1v) is 9.13. The van der Waals surface area contributed by atoms with Gasteiger partial charge >= 0.3 is 0 Å². The smallest absolute Gasteiger partial charge is 0.276 e. The second-order valence-electron chi connectivity index (χ2n) is 6.34. The molecule has 1 N–H and O–H groups in total. The van der Waals surface area contributed by atoms with Crippen LogP contribution in [0.3, 0.4) is 0 Å². The van der Waals surface area contributed by atoms with Crippen molar-refractivity contribution in [1.29, 1.82) is 0 Å². The predicted molar refractivity (Wildman–Crippen MR) is 108 cm³/mol. The molecule has 0 fully saturated rings. The molecule has 7 nitrogen and oxygen atoms in total. The third-order valence-electron chi connectivity index (χ3n) is 4.36. The van der Waals surface area contributed by atoms with Gasteiger partial charge in [0, 0.05) is 18.5 Å².